The summed E-state index contributed by atoms with van der Waals surface area (Å²) < 4.78 is 0.859. The maximum atomic E-state index is 12.6. The zero-order valence-corrected chi connectivity index (χ0v) is 13.8. The van der Waals surface area contributed by atoms with E-state index in [1.165, 1.54) is 32.4 Å². The van der Waals surface area contributed by atoms with Crippen molar-refractivity contribution in [3.63, 3.8) is 0 Å². The molecule has 0 bridgehead atoms. The summed E-state index contributed by atoms with van der Waals surface area (Å²) in [5, 5.41) is 0. The Balaban J connectivity index is 1.66. The summed E-state index contributed by atoms with van der Waals surface area (Å²) in [6.07, 6.45) is 5.04. The van der Waals surface area contributed by atoms with Gasteiger partial charge >= 0.3 is 0 Å². The van der Waals surface area contributed by atoms with Crippen LogP contribution in [-0.4, -0.2) is 47.9 Å². The maximum Gasteiger partial charge on any atom is 0.254 e. The van der Waals surface area contributed by atoms with Gasteiger partial charge in [0.05, 0.1) is 0 Å². The van der Waals surface area contributed by atoms with E-state index in [0.717, 1.165) is 24.0 Å². The Morgan fingerprint density at radius 1 is 1.14 bits per heavy atom. The molecular weight excluding hydrogens is 330 g/mol. The maximum absolute atomic E-state index is 12.6. The van der Waals surface area contributed by atoms with Crippen molar-refractivity contribution in [3.8, 4) is 0 Å². The third-order valence-corrected chi connectivity index (χ3v) is 4.98. The highest BCUT2D eigenvalue weighted by Gasteiger charge is 2.31. The minimum absolute atomic E-state index is 0.0995. The van der Waals surface area contributed by atoms with E-state index in [-0.39, 0.29) is 5.91 Å². The lowest BCUT2D eigenvalue weighted by atomic mass is 10.1. The van der Waals surface area contributed by atoms with E-state index in [4.69, 9.17) is 5.73 Å². The van der Waals surface area contributed by atoms with Gasteiger partial charge in [0.15, 0.2) is 0 Å². The van der Waals surface area contributed by atoms with Crippen molar-refractivity contribution in [2.75, 3.05) is 31.9 Å². The van der Waals surface area contributed by atoms with Crippen molar-refractivity contribution in [3.05, 3.63) is 28.2 Å². The Hall–Kier alpha value is -1.07. The highest BCUT2D eigenvalue weighted by atomic mass is 79.9. The van der Waals surface area contributed by atoms with Crippen molar-refractivity contribution in [1.29, 1.82) is 0 Å². The first-order valence-electron chi connectivity index (χ1n) is 7.73. The van der Waals surface area contributed by atoms with Gasteiger partial charge in [-0.1, -0.05) is 22.4 Å². The lowest BCUT2D eigenvalue weighted by molar-refractivity contribution is 0.0771. The number of nitrogens with zero attached hydrogens (tertiary/aromatic N) is 2. The number of amides is 1. The standard InChI is InChI=1S/C16H22BrN3O/c17-13-8-12(9-14(18)10-13)16(21)20-7-4-15(11-20)19-5-2-1-3-6-19/h8-10,15H,1-7,11,18H2. The third-order valence-electron chi connectivity index (χ3n) is 4.52. The Bertz CT molecular complexity index is 508. The number of nitrogens with two attached hydrogens (primary N) is 1. The molecule has 0 radical (unpaired) electrons. The monoisotopic (exact) mass is 351 g/mol. The van der Waals surface area contributed by atoms with Crippen LogP contribution in [0.15, 0.2) is 22.7 Å². The van der Waals surface area contributed by atoms with Crippen LogP contribution in [0.5, 0.6) is 0 Å². The molecule has 2 saturated heterocycles. The molecular formula is C16H22BrN3O. The van der Waals surface area contributed by atoms with Crippen LogP contribution in [0.1, 0.15) is 36.0 Å². The number of piperidine rings is 1. The van der Waals surface area contributed by atoms with Gasteiger partial charge in [0.1, 0.15) is 0 Å². The molecule has 2 fully saturated rings. The average molecular weight is 352 g/mol. The number of hydrogen-bond acceptors (Lipinski definition) is 3. The lowest BCUT2D eigenvalue weighted by Crippen LogP contribution is -2.41. The third kappa shape index (κ3) is 3.40. The zero-order chi connectivity index (χ0) is 14.8. The van der Waals surface area contributed by atoms with Crippen LogP contribution in [0.25, 0.3) is 0 Å². The number of likely N-dealkylation sites (tertiary alicyclic amines) is 2. The quantitative estimate of drug-likeness (QED) is 0.833. The minimum atomic E-state index is 0.0995. The predicted molar refractivity (Wildman–Crippen MR) is 88.3 cm³/mol. The van der Waals surface area contributed by atoms with E-state index >= 15 is 0 Å². The van der Waals surface area contributed by atoms with E-state index in [1.807, 2.05) is 17.0 Å². The van der Waals surface area contributed by atoms with Crippen LogP contribution in [0.3, 0.4) is 0 Å². The van der Waals surface area contributed by atoms with Gasteiger partial charge in [-0.2, -0.15) is 0 Å². The Morgan fingerprint density at radius 3 is 2.62 bits per heavy atom. The highest BCUT2D eigenvalue weighted by Crippen LogP contribution is 2.23. The van der Waals surface area contributed by atoms with Crippen LogP contribution >= 0.6 is 15.9 Å². The number of carbonyl (C=O) groups excluding carboxylic acids is 1. The predicted octanol–water partition coefficient (Wildman–Crippen LogP) is 2.73. The largest absolute Gasteiger partial charge is 0.399 e. The van der Waals surface area contributed by atoms with Gasteiger partial charge in [-0.15, -0.1) is 0 Å². The summed E-state index contributed by atoms with van der Waals surface area (Å²) in [6.45, 7) is 4.09. The van der Waals surface area contributed by atoms with Crippen LogP contribution in [0.4, 0.5) is 5.69 Å². The number of anilines is 1. The normalized spacial score (nSPS) is 23.5. The number of hydrogen-bond donors (Lipinski definition) is 1. The van der Waals surface area contributed by atoms with Gasteiger partial charge in [0, 0.05) is 34.9 Å². The van der Waals surface area contributed by atoms with Gasteiger partial charge in [-0.3, -0.25) is 9.69 Å². The van der Waals surface area contributed by atoms with Gasteiger partial charge < -0.3 is 10.6 Å². The summed E-state index contributed by atoms with van der Waals surface area (Å²) in [6, 6.07) is 5.98. The SMILES string of the molecule is Nc1cc(Br)cc(C(=O)N2CCC(N3CCCCC3)C2)c1. The van der Waals surface area contributed by atoms with Crippen molar-refractivity contribution in [1.82, 2.24) is 9.80 Å². The van der Waals surface area contributed by atoms with E-state index in [1.54, 1.807) is 6.07 Å². The number of benzene rings is 1. The molecule has 5 heteroatoms. The average Bonchev–Trinajstić information content (AvgIpc) is 2.96. The Kier molecular flexibility index (Phi) is 4.50. The molecule has 1 aromatic rings. The van der Waals surface area contributed by atoms with Gasteiger partial charge in [0.25, 0.3) is 5.91 Å². The van der Waals surface area contributed by atoms with E-state index in [0.29, 0.717) is 17.3 Å². The molecule has 114 valence electrons. The summed E-state index contributed by atoms with van der Waals surface area (Å²) in [7, 11) is 0. The van der Waals surface area contributed by atoms with E-state index in [9.17, 15) is 4.79 Å². The molecule has 2 N–H and O–H groups in total. The van der Waals surface area contributed by atoms with Crippen molar-refractivity contribution < 1.29 is 4.79 Å². The lowest BCUT2D eigenvalue weighted by Gasteiger charge is -2.32. The molecule has 1 unspecified atom stereocenters. The molecule has 0 spiro atoms. The van der Waals surface area contributed by atoms with Crippen LogP contribution in [-0.2, 0) is 0 Å². The first-order chi connectivity index (χ1) is 10.1. The molecule has 3 rings (SSSR count). The molecule has 0 saturated carbocycles. The molecule has 1 atom stereocenters. The highest BCUT2D eigenvalue weighted by molar-refractivity contribution is 9.10. The summed E-state index contributed by atoms with van der Waals surface area (Å²) in [4.78, 5) is 17.1. The first-order valence-corrected chi connectivity index (χ1v) is 8.52. The van der Waals surface area contributed by atoms with Gasteiger partial charge in [-0.05, 0) is 50.6 Å². The second kappa shape index (κ2) is 6.36. The molecule has 0 aliphatic carbocycles. The van der Waals surface area contributed by atoms with Gasteiger partial charge in [-0.25, -0.2) is 0 Å². The first kappa shape index (κ1) is 14.9. The van der Waals surface area contributed by atoms with E-state index < -0.39 is 0 Å². The summed E-state index contributed by atoms with van der Waals surface area (Å²) >= 11 is 3.41. The molecule has 2 heterocycles. The second-order valence-electron chi connectivity index (χ2n) is 6.06. The van der Waals surface area contributed by atoms with Gasteiger partial charge in [0.2, 0.25) is 0 Å². The van der Waals surface area contributed by atoms with Crippen molar-refractivity contribution in [2.24, 2.45) is 0 Å². The molecule has 1 aromatic carbocycles. The fraction of sp³-hybridized carbons (Fsp3) is 0.562. The molecule has 2 aliphatic heterocycles. The molecule has 4 nitrogen and oxygen atoms in total. The number of halogens is 1. The summed E-state index contributed by atoms with van der Waals surface area (Å²) in [5.74, 6) is 0.0995. The smallest absolute Gasteiger partial charge is 0.254 e. The number of nitrogen functional groups attached to an aromatic ring is 1. The molecule has 1 amide bonds. The van der Waals surface area contributed by atoms with Crippen LogP contribution < -0.4 is 5.73 Å². The second-order valence-corrected chi connectivity index (χ2v) is 6.98. The van der Waals surface area contributed by atoms with E-state index in [2.05, 4.69) is 20.8 Å². The van der Waals surface area contributed by atoms with Crippen LogP contribution in [0, 0.1) is 0 Å². The van der Waals surface area contributed by atoms with Crippen molar-refractivity contribution >= 4 is 27.5 Å². The van der Waals surface area contributed by atoms with Crippen LogP contribution in [0.2, 0.25) is 0 Å². The zero-order valence-electron chi connectivity index (χ0n) is 12.2. The topological polar surface area (TPSA) is 49.6 Å². The number of carbonyl (C=O) groups is 1. The number of rotatable bonds is 2. The Morgan fingerprint density at radius 2 is 1.90 bits per heavy atom. The fourth-order valence-electron chi connectivity index (χ4n) is 3.43. The van der Waals surface area contributed by atoms with Crippen molar-refractivity contribution in [2.45, 2.75) is 31.7 Å². The summed E-state index contributed by atoms with van der Waals surface area (Å²) in [5.41, 5.74) is 7.14. The molecule has 2 aliphatic rings. The molecule has 0 aromatic heterocycles. The Labute approximate surface area is 134 Å². The fourth-order valence-corrected chi connectivity index (χ4v) is 3.94. The minimum Gasteiger partial charge on any atom is -0.399 e. The molecule has 21 heavy (non-hydrogen) atoms.